The molecular formula is C20H34O4. The summed E-state index contributed by atoms with van der Waals surface area (Å²) < 4.78 is 6.38. The van der Waals surface area contributed by atoms with Crippen LogP contribution in [0, 0.1) is 11.3 Å². The van der Waals surface area contributed by atoms with E-state index >= 15 is 0 Å². The number of aliphatic hydroxyl groups is 1. The molecule has 2 heterocycles. The maximum atomic E-state index is 10.3. The summed E-state index contributed by atoms with van der Waals surface area (Å²) >= 11 is 0. The molecule has 0 aliphatic carbocycles. The zero-order valence-corrected chi connectivity index (χ0v) is 15.7. The lowest BCUT2D eigenvalue weighted by Crippen LogP contribution is -2.43. The minimum Gasteiger partial charge on any atom is -0.386 e. The second kappa shape index (κ2) is 6.91. The highest BCUT2D eigenvalue weighted by Crippen LogP contribution is 2.61. The predicted octanol–water partition coefficient (Wildman–Crippen LogP) is 4.49. The molecule has 2 aliphatic heterocycles. The van der Waals surface area contributed by atoms with Gasteiger partial charge in [-0.15, -0.1) is 6.58 Å². The molecule has 0 aromatic heterocycles. The summed E-state index contributed by atoms with van der Waals surface area (Å²) in [6, 6.07) is 0. The van der Waals surface area contributed by atoms with Gasteiger partial charge in [0.1, 0.15) is 6.10 Å². The van der Waals surface area contributed by atoms with Gasteiger partial charge in [0.2, 0.25) is 0 Å². The molecule has 0 spiro atoms. The van der Waals surface area contributed by atoms with E-state index in [4.69, 9.17) is 9.99 Å². The van der Waals surface area contributed by atoms with Crippen LogP contribution < -0.4 is 0 Å². The number of hydrogen-bond acceptors (Lipinski definition) is 4. The Bertz CT molecular complexity index is 486. The van der Waals surface area contributed by atoms with Crippen LogP contribution in [0.3, 0.4) is 0 Å². The molecule has 0 radical (unpaired) electrons. The molecule has 0 amide bonds. The van der Waals surface area contributed by atoms with Crippen molar-refractivity contribution in [3.63, 3.8) is 0 Å². The van der Waals surface area contributed by atoms with E-state index in [1.54, 1.807) is 6.08 Å². The fourth-order valence-electron chi connectivity index (χ4n) is 4.84. The molecule has 2 N–H and O–H groups in total. The monoisotopic (exact) mass is 338 g/mol. The van der Waals surface area contributed by atoms with Gasteiger partial charge in [-0.05, 0) is 76.2 Å². The van der Waals surface area contributed by atoms with Gasteiger partial charge in [-0.25, -0.2) is 4.89 Å². The molecule has 6 atom stereocenters. The van der Waals surface area contributed by atoms with Crippen molar-refractivity contribution < 1.29 is 20.0 Å². The van der Waals surface area contributed by atoms with Crippen molar-refractivity contribution >= 4 is 0 Å². The lowest BCUT2D eigenvalue weighted by Gasteiger charge is -2.43. The molecule has 0 aromatic carbocycles. The number of ether oxygens (including phenoxy) is 1. The van der Waals surface area contributed by atoms with Crippen LogP contribution in [0.4, 0.5) is 0 Å². The lowest BCUT2D eigenvalue weighted by atomic mass is 9.59. The Labute approximate surface area is 146 Å². The largest absolute Gasteiger partial charge is 0.386 e. The third kappa shape index (κ3) is 3.62. The first-order chi connectivity index (χ1) is 11.1. The second-order valence-electron chi connectivity index (χ2n) is 8.60. The van der Waals surface area contributed by atoms with Crippen LogP contribution >= 0.6 is 0 Å². The Balaban J connectivity index is 2.12. The Morgan fingerprint density at radius 1 is 1.50 bits per heavy atom. The number of rotatable bonds is 9. The number of fused-ring (bicyclic) bond motifs is 2. The van der Waals surface area contributed by atoms with E-state index in [-0.39, 0.29) is 23.2 Å². The van der Waals surface area contributed by atoms with Crippen molar-refractivity contribution in [1.82, 2.24) is 0 Å². The zero-order valence-electron chi connectivity index (χ0n) is 15.7. The van der Waals surface area contributed by atoms with Gasteiger partial charge in [0.25, 0.3) is 0 Å². The molecule has 0 saturated carbocycles. The van der Waals surface area contributed by atoms with E-state index in [9.17, 15) is 5.11 Å². The maximum absolute atomic E-state index is 10.3. The summed E-state index contributed by atoms with van der Waals surface area (Å²) in [4.78, 5) is 4.60. The van der Waals surface area contributed by atoms with Gasteiger partial charge in [-0.2, -0.15) is 0 Å². The van der Waals surface area contributed by atoms with Crippen LogP contribution in [0.1, 0.15) is 66.2 Å². The second-order valence-corrected chi connectivity index (χ2v) is 8.60. The molecule has 2 fully saturated rings. The van der Waals surface area contributed by atoms with Crippen molar-refractivity contribution in [2.24, 2.45) is 11.3 Å². The van der Waals surface area contributed by atoms with Gasteiger partial charge in [-0.3, -0.25) is 5.26 Å². The molecule has 2 bridgehead atoms. The van der Waals surface area contributed by atoms with Gasteiger partial charge in [0, 0.05) is 0 Å². The van der Waals surface area contributed by atoms with E-state index in [0.29, 0.717) is 12.3 Å². The third-order valence-corrected chi connectivity index (χ3v) is 6.58. The topological polar surface area (TPSA) is 58.9 Å². The molecule has 4 nitrogen and oxygen atoms in total. The van der Waals surface area contributed by atoms with E-state index in [0.717, 1.165) is 37.7 Å². The average molecular weight is 338 g/mol. The van der Waals surface area contributed by atoms with Crippen molar-refractivity contribution in [2.45, 2.75) is 89.6 Å². The molecule has 0 aromatic rings. The van der Waals surface area contributed by atoms with Crippen molar-refractivity contribution in [3.05, 3.63) is 24.8 Å². The summed E-state index contributed by atoms with van der Waals surface area (Å²) in [6.45, 7) is 15.8. The highest BCUT2D eigenvalue weighted by atomic mass is 17.1. The number of hydrogen-bond donors (Lipinski definition) is 2. The normalized spacial score (nSPS) is 38.8. The van der Waals surface area contributed by atoms with Gasteiger partial charge in [0.15, 0.2) is 0 Å². The van der Waals surface area contributed by atoms with Gasteiger partial charge in [-0.1, -0.05) is 19.6 Å². The van der Waals surface area contributed by atoms with E-state index in [2.05, 4.69) is 31.9 Å². The average Bonchev–Trinajstić information content (AvgIpc) is 2.99. The Kier molecular flexibility index (Phi) is 5.65. The summed E-state index contributed by atoms with van der Waals surface area (Å²) in [5.41, 5.74) is -0.0954. The SMILES string of the molecule is C=C[C@@](C)(O)CCC1[C@](C)(CC[C@H](OO)C(=C)C)C2CC[C@@]1(C)O2. The molecule has 2 rings (SSSR count). The van der Waals surface area contributed by atoms with E-state index < -0.39 is 5.60 Å². The van der Waals surface area contributed by atoms with Gasteiger partial charge >= 0.3 is 0 Å². The Morgan fingerprint density at radius 2 is 2.17 bits per heavy atom. The minimum atomic E-state index is -0.840. The summed E-state index contributed by atoms with van der Waals surface area (Å²) in [6.07, 6.45) is 6.92. The van der Waals surface area contributed by atoms with Crippen LogP contribution in [0.15, 0.2) is 24.8 Å². The first-order valence-corrected chi connectivity index (χ1v) is 9.07. The first kappa shape index (κ1) is 19.6. The Morgan fingerprint density at radius 3 is 2.71 bits per heavy atom. The highest BCUT2D eigenvalue weighted by molar-refractivity contribution is 5.12. The van der Waals surface area contributed by atoms with E-state index in [1.165, 1.54) is 0 Å². The summed E-state index contributed by atoms with van der Waals surface area (Å²) in [5.74, 6) is 0.375. The lowest BCUT2D eigenvalue weighted by molar-refractivity contribution is -0.270. The highest BCUT2D eigenvalue weighted by Gasteiger charge is 2.62. The fourth-order valence-corrected chi connectivity index (χ4v) is 4.84. The molecule has 24 heavy (non-hydrogen) atoms. The molecule has 2 saturated heterocycles. The molecule has 2 aliphatic rings. The van der Waals surface area contributed by atoms with Crippen LogP contribution in [0.5, 0.6) is 0 Å². The maximum Gasteiger partial charge on any atom is 0.113 e. The quantitative estimate of drug-likeness (QED) is 0.369. The van der Waals surface area contributed by atoms with Gasteiger partial charge in [0.05, 0.1) is 17.3 Å². The van der Waals surface area contributed by atoms with Crippen molar-refractivity contribution in [3.8, 4) is 0 Å². The smallest absolute Gasteiger partial charge is 0.113 e. The first-order valence-electron chi connectivity index (χ1n) is 9.07. The standard InChI is InChI=1S/C20H34O4/c1-7-18(4,21)11-9-16-19(5,12-8-15(24-22)14(2)3)17-10-13-20(16,6)23-17/h7,15-17,21-22H,1-2,8-13H2,3-6H3/t15-,16?,17?,18+,19-,20+/m0/s1. The van der Waals surface area contributed by atoms with Gasteiger partial charge < -0.3 is 9.84 Å². The third-order valence-electron chi connectivity index (χ3n) is 6.58. The van der Waals surface area contributed by atoms with Crippen molar-refractivity contribution in [1.29, 1.82) is 0 Å². The molecular weight excluding hydrogens is 304 g/mol. The molecule has 2 unspecified atom stereocenters. The molecule has 4 heteroatoms. The van der Waals surface area contributed by atoms with Crippen LogP contribution in [0.2, 0.25) is 0 Å². The van der Waals surface area contributed by atoms with Crippen LogP contribution in [0.25, 0.3) is 0 Å². The zero-order chi connectivity index (χ0) is 18.2. The van der Waals surface area contributed by atoms with Crippen LogP contribution in [-0.4, -0.2) is 33.8 Å². The van der Waals surface area contributed by atoms with Crippen LogP contribution in [-0.2, 0) is 9.62 Å². The summed E-state index contributed by atoms with van der Waals surface area (Å²) in [7, 11) is 0. The van der Waals surface area contributed by atoms with E-state index in [1.807, 2.05) is 13.8 Å². The van der Waals surface area contributed by atoms with Crippen molar-refractivity contribution in [2.75, 3.05) is 0 Å². The fraction of sp³-hybridized carbons (Fsp3) is 0.800. The molecule has 138 valence electrons. The summed E-state index contributed by atoms with van der Waals surface area (Å²) in [5, 5.41) is 19.4. The Hall–Kier alpha value is -0.680. The predicted molar refractivity (Wildman–Crippen MR) is 95.7 cm³/mol. The minimum absolute atomic E-state index is 0.0243.